The van der Waals surface area contributed by atoms with Gasteiger partial charge in [0.2, 0.25) is 5.82 Å². The first-order valence-corrected chi connectivity index (χ1v) is 5.56. The molecule has 0 aliphatic heterocycles. The molecule has 0 spiro atoms. The molecule has 7 nitrogen and oxygen atoms in total. The van der Waals surface area contributed by atoms with Crippen LogP contribution < -0.4 is 0 Å². The van der Waals surface area contributed by atoms with Crippen molar-refractivity contribution in [3.05, 3.63) is 29.8 Å². The largest absolute Gasteiger partial charge is 0.449 e. The smallest absolute Gasteiger partial charge is 0.330 e. The van der Waals surface area contributed by atoms with Gasteiger partial charge < -0.3 is 4.74 Å². The number of hydrogen-bond acceptors (Lipinski definition) is 6. The van der Waals surface area contributed by atoms with Crippen LogP contribution in [-0.4, -0.2) is 32.8 Å². The Kier molecular flexibility index (Phi) is 3.83. The summed E-state index contributed by atoms with van der Waals surface area (Å²) < 4.78 is 4.60. The third kappa shape index (κ3) is 3.35. The third-order valence-corrected chi connectivity index (χ3v) is 2.33. The Morgan fingerprint density at radius 1 is 1.42 bits per heavy atom. The lowest BCUT2D eigenvalue weighted by atomic mass is 10.1. The van der Waals surface area contributed by atoms with Crippen molar-refractivity contribution in [2.24, 2.45) is 0 Å². The zero-order chi connectivity index (χ0) is 13.7. The molecule has 19 heavy (non-hydrogen) atoms. The van der Waals surface area contributed by atoms with Crippen LogP contribution in [0.15, 0.2) is 24.3 Å². The molecule has 96 valence electrons. The van der Waals surface area contributed by atoms with E-state index >= 15 is 0 Å². The van der Waals surface area contributed by atoms with E-state index in [0.717, 1.165) is 15.9 Å². The molecule has 0 aliphatic rings. The third-order valence-electron chi connectivity index (χ3n) is 2.33. The lowest BCUT2D eigenvalue weighted by Gasteiger charge is -1.98. The molecular formula is C12H11N5O2. The lowest BCUT2D eigenvalue weighted by molar-refractivity contribution is -0.143. The van der Waals surface area contributed by atoms with Crippen molar-refractivity contribution in [1.29, 1.82) is 5.26 Å². The highest BCUT2D eigenvalue weighted by Gasteiger charge is 2.09. The van der Waals surface area contributed by atoms with Gasteiger partial charge in [0.1, 0.15) is 6.07 Å². The Balaban J connectivity index is 2.05. The van der Waals surface area contributed by atoms with Crippen LogP contribution in [0.5, 0.6) is 0 Å². The zero-order valence-corrected chi connectivity index (χ0v) is 10.3. The Morgan fingerprint density at radius 2 is 2.16 bits per heavy atom. The van der Waals surface area contributed by atoms with Gasteiger partial charge in [0.15, 0.2) is 13.2 Å². The molecule has 2 rings (SSSR count). The second-order valence-corrected chi connectivity index (χ2v) is 3.83. The first kappa shape index (κ1) is 12.7. The van der Waals surface area contributed by atoms with E-state index in [1.165, 1.54) is 0 Å². The van der Waals surface area contributed by atoms with Gasteiger partial charge in [-0.3, -0.25) is 0 Å². The van der Waals surface area contributed by atoms with Gasteiger partial charge in [0.05, 0.1) is 0 Å². The van der Waals surface area contributed by atoms with Gasteiger partial charge in [-0.25, -0.2) is 4.79 Å². The van der Waals surface area contributed by atoms with E-state index < -0.39 is 5.97 Å². The number of aromatic nitrogens is 4. The monoisotopic (exact) mass is 257 g/mol. The van der Waals surface area contributed by atoms with Gasteiger partial charge in [-0.05, 0) is 12.1 Å². The van der Waals surface area contributed by atoms with Crippen molar-refractivity contribution in [2.45, 2.75) is 13.5 Å². The number of nitrogens with zero attached hydrogens (tertiary/aromatic N) is 5. The molecule has 0 bridgehead atoms. The molecule has 0 radical (unpaired) electrons. The summed E-state index contributed by atoms with van der Waals surface area (Å²) in [5.74, 6) is -0.137. The van der Waals surface area contributed by atoms with Crippen LogP contribution in [0.25, 0.3) is 11.4 Å². The summed E-state index contributed by atoms with van der Waals surface area (Å²) in [5.41, 5.74) is 1.96. The molecule has 0 saturated carbocycles. The van der Waals surface area contributed by atoms with E-state index in [0.29, 0.717) is 5.82 Å². The Bertz CT molecular complexity index is 612. The van der Waals surface area contributed by atoms with E-state index in [1.54, 1.807) is 6.07 Å². The molecule has 0 saturated heterocycles. The maximum atomic E-state index is 11.3. The van der Waals surface area contributed by atoms with E-state index in [-0.39, 0.29) is 13.2 Å². The van der Waals surface area contributed by atoms with E-state index in [4.69, 9.17) is 5.26 Å². The van der Waals surface area contributed by atoms with Crippen molar-refractivity contribution in [3.8, 4) is 17.5 Å². The highest BCUT2D eigenvalue weighted by molar-refractivity contribution is 5.69. The Labute approximate surface area is 109 Å². The number of esters is 1. The van der Waals surface area contributed by atoms with Crippen molar-refractivity contribution < 1.29 is 9.53 Å². The number of carbonyl (C=O) groups excluding carboxylic acids is 1. The van der Waals surface area contributed by atoms with E-state index in [2.05, 4.69) is 20.1 Å². The zero-order valence-electron chi connectivity index (χ0n) is 10.3. The van der Waals surface area contributed by atoms with Crippen molar-refractivity contribution >= 4 is 5.97 Å². The number of aryl methyl sites for hydroxylation is 1. The molecule has 0 atom stereocenters. The molecule has 2 aromatic rings. The summed E-state index contributed by atoms with van der Waals surface area (Å²) in [4.78, 5) is 12.4. The average Bonchev–Trinajstić information content (AvgIpc) is 2.85. The summed E-state index contributed by atoms with van der Waals surface area (Å²) in [7, 11) is 0. The van der Waals surface area contributed by atoms with Crippen LogP contribution in [0.3, 0.4) is 0 Å². The fourth-order valence-electron chi connectivity index (χ4n) is 1.40. The van der Waals surface area contributed by atoms with Crippen LogP contribution in [0, 0.1) is 18.3 Å². The number of nitriles is 1. The highest BCUT2D eigenvalue weighted by atomic mass is 16.5. The summed E-state index contributed by atoms with van der Waals surface area (Å²) in [6.45, 7) is 1.54. The van der Waals surface area contributed by atoms with Crippen LogP contribution in [0.1, 0.15) is 5.56 Å². The van der Waals surface area contributed by atoms with Gasteiger partial charge >= 0.3 is 5.97 Å². The molecule has 1 heterocycles. The molecular weight excluding hydrogens is 246 g/mol. The molecule has 1 aromatic heterocycles. The molecule has 0 amide bonds. The number of benzene rings is 1. The number of hydrogen-bond donors (Lipinski definition) is 0. The SMILES string of the molecule is Cc1ccc(-c2nnn(CC(=O)OCC#N)n2)cc1. The van der Waals surface area contributed by atoms with Crippen LogP contribution >= 0.6 is 0 Å². The van der Waals surface area contributed by atoms with Crippen LogP contribution in [0.2, 0.25) is 0 Å². The molecule has 1 aromatic carbocycles. The summed E-state index contributed by atoms with van der Waals surface area (Å²) in [5, 5.41) is 20.0. The lowest BCUT2D eigenvalue weighted by Crippen LogP contribution is -2.16. The number of tetrazole rings is 1. The maximum absolute atomic E-state index is 11.3. The molecule has 0 aliphatic carbocycles. The summed E-state index contributed by atoms with van der Waals surface area (Å²) in [6, 6.07) is 9.35. The predicted molar refractivity (Wildman–Crippen MR) is 64.6 cm³/mol. The normalized spacial score (nSPS) is 9.89. The van der Waals surface area contributed by atoms with Gasteiger partial charge in [0, 0.05) is 5.56 Å². The predicted octanol–water partition coefficient (Wildman–Crippen LogP) is 0.715. The highest BCUT2D eigenvalue weighted by Crippen LogP contribution is 2.13. The van der Waals surface area contributed by atoms with Gasteiger partial charge in [-0.1, -0.05) is 29.8 Å². The summed E-state index contributed by atoms with van der Waals surface area (Å²) >= 11 is 0. The molecule has 0 unspecified atom stereocenters. The maximum Gasteiger partial charge on any atom is 0.330 e. The minimum Gasteiger partial charge on any atom is -0.449 e. The molecule has 7 heteroatoms. The quantitative estimate of drug-likeness (QED) is 0.749. The molecule has 0 fully saturated rings. The van der Waals surface area contributed by atoms with Gasteiger partial charge in [0.25, 0.3) is 0 Å². The first-order chi connectivity index (χ1) is 9.19. The topological polar surface area (TPSA) is 93.7 Å². The van der Waals surface area contributed by atoms with Crippen LogP contribution in [-0.2, 0) is 16.1 Å². The fourth-order valence-corrected chi connectivity index (χ4v) is 1.40. The first-order valence-electron chi connectivity index (χ1n) is 5.56. The fraction of sp³-hybridized carbons (Fsp3) is 0.250. The second-order valence-electron chi connectivity index (χ2n) is 3.83. The van der Waals surface area contributed by atoms with Gasteiger partial charge in [-0.2, -0.15) is 10.1 Å². The Morgan fingerprint density at radius 3 is 2.84 bits per heavy atom. The average molecular weight is 257 g/mol. The Hall–Kier alpha value is -2.75. The van der Waals surface area contributed by atoms with Gasteiger partial charge in [-0.15, -0.1) is 10.2 Å². The minimum absolute atomic E-state index is 0.166. The number of rotatable bonds is 4. The van der Waals surface area contributed by atoms with Crippen molar-refractivity contribution in [3.63, 3.8) is 0 Å². The van der Waals surface area contributed by atoms with E-state index in [1.807, 2.05) is 31.2 Å². The number of ether oxygens (including phenoxy) is 1. The van der Waals surface area contributed by atoms with Crippen molar-refractivity contribution in [1.82, 2.24) is 20.2 Å². The number of carbonyl (C=O) groups is 1. The molecule has 0 N–H and O–H groups in total. The summed E-state index contributed by atoms with van der Waals surface area (Å²) in [6.07, 6.45) is 0. The van der Waals surface area contributed by atoms with Crippen LogP contribution in [0.4, 0.5) is 0 Å². The minimum atomic E-state index is -0.575. The van der Waals surface area contributed by atoms with Crippen molar-refractivity contribution in [2.75, 3.05) is 6.61 Å². The standard InChI is InChI=1S/C12H11N5O2/c1-9-2-4-10(5-3-9)12-14-16-17(15-12)8-11(18)19-7-6-13/h2-5H,7-8H2,1H3. The second kappa shape index (κ2) is 5.73. The van der Waals surface area contributed by atoms with E-state index in [9.17, 15) is 4.79 Å².